The van der Waals surface area contributed by atoms with Crippen LogP contribution in [0.15, 0.2) is 182 Å². The Morgan fingerprint density at radius 2 is 0.865 bits per heavy atom. The lowest BCUT2D eigenvalue weighted by Gasteiger charge is -2.12. The maximum absolute atomic E-state index is 2.46. The highest BCUT2D eigenvalue weighted by Crippen LogP contribution is 2.49. The summed E-state index contributed by atoms with van der Waals surface area (Å²) in [6.45, 7) is 0. The zero-order valence-electron chi connectivity index (χ0n) is 28.2. The van der Waals surface area contributed by atoms with Gasteiger partial charge in [-0.1, -0.05) is 121 Å². The Morgan fingerprint density at radius 3 is 1.71 bits per heavy atom. The van der Waals surface area contributed by atoms with Crippen LogP contribution in [0.25, 0.3) is 110 Å². The Labute approximate surface area is 300 Å². The van der Waals surface area contributed by atoms with E-state index < -0.39 is 0 Å². The van der Waals surface area contributed by atoms with Gasteiger partial charge < -0.3 is 9.13 Å². The van der Waals surface area contributed by atoms with E-state index >= 15 is 0 Å². The van der Waals surface area contributed by atoms with Crippen LogP contribution in [0.4, 0.5) is 0 Å². The van der Waals surface area contributed by atoms with Crippen molar-refractivity contribution in [2.24, 2.45) is 0 Å². The lowest BCUT2D eigenvalue weighted by atomic mass is 9.99. The zero-order chi connectivity index (χ0) is 33.9. The van der Waals surface area contributed by atoms with Crippen molar-refractivity contribution >= 4 is 65.2 Å². The van der Waals surface area contributed by atoms with E-state index in [9.17, 15) is 0 Å². The molecule has 2 aromatic heterocycles. The molecule has 0 bridgehead atoms. The van der Waals surface area contributed by atoms with Gasteiger partial charge in [-0.2, -0.15) is 0 Å². The molecule has 0 spiro atoms. The van der Waals surface area contributed by atoms with Gasteiger partial charge >= 0.3 is 0 Å². The maximum atomic E-state index is 2.46. The van der Waals surface area contributed by atoms with Crippen molar-refractivity contribution in [1.29, 1.82) is 0 Å². The Morgan fingerprint density at radius 1 is 0.269 bits per heavy atom. The molecule has 2 heterocycles. The first-order valence-electron chi connectivity index (χ1n) is 18.0. The minimum absolute atomic E-state index is 1.17. The monoisotopic (exact) mass is 658 g/mol. The van der Waals surface area contributed by atoms with Crippen molar-refractivity contribution in [1.82, 2.24) is 9.13 Å². The van der Waals surface area contributed by atoms with Crippen LogP contribution in [-0.2, 0) is 0 Å². The lowest BCUT2D eigenvalue weighted by Crippen LogP contribution is -1.95. The van der Waals surface area contributed by atoms with E-state index in [0.717, 1.165) is 0 Å². The molecule has 11 aromatic rings. The number of nitrogens with zero attached hydrogens (tertiary/aromatic N) is 2. The van der Waals surface area contributed by atoms with Gasteiger partial charge in [0.2, 0.25) is 0 Å². The third kappa shape index (κ3) is 3.73. The summed E-state index contributed by atoms with van der Waals surface area (Å²) in [6.07, 6.45) is 0. The van der Waals surface area contributed by atoms with Crippen LogP contribution in [0, 0.1) is 0 Å². The number of hydrogen-bond donors (Lipinski definition) is 0. The Balaban J connectivity index is 1.09. The van der Waals surface area contributed by atoms with E-state index in [1.165, 1.54) is 110 Å². The Hall–Kier alpha value is -6.90. The van der Waals surface area contributed by atoms with Gasteiger partial charge in [0.25, 0.3) is 0 Å². The molecule has 12 rings (SSSR count). The van der Waals surface area contributed by atoms with E-state index in [1.54, 1.807) is 0 Å². The van der Waals surface area contributed by atoms with Gasteiger partial charge in [0, 0.05) is 32.9 Å². The normalized spacial score (nSPS) is 12.2. The van der Waals surface area contributed by atoms with Gasteiger partial charge in [-0.15, -0.1) is 0 Å². The summed E-state index contributed by atoms with van der Waals surface area (Å²) >= 11 is 0. The Bertz CT molecular complexity index is 3290. The van der Waals surface area contributed by atoms with Crippen molar-refractivity contribution in [2.45, 2.75) is 0 Å². The summed E-state index contributed by atoms with van der Waals surface area (Å²) in [6, 6.07) is 67.2. The predicted molar refractivity (Wildman–Crippen MR) is 220 cm³/mol. The molecule has 0 unspecified atom stereocenters. The molecule has 2 heteroatoms. The smallest absolute Gasteiger partial charge is 0.0547 e. The fourth-order valence-electron chi connectivity index (χ4n) is 9.19. The highest BCUT2D eigenvalue weighted by molar-refractivity contribution is 6.22. The molecule has 0 amide bonds. The van der Waals surface area contributed by atoms with Crippen LogP contribution in [0.3, 0.4) is 0 Å². The van der Waals surface area contributed by atoms with E-state index in [4.69, 9.17) is 0 Å². The highest BCUT2D eigenvalue weighted by atomic mass is 15.0. The molecule has 1 aliphatic carbocycles. The predicted octanol–water partition coefficient (Wildman–Crippen LogP) is 13.5. The number of aromatic nitrogens is 2. The molecule has 52 heavy (non-hydrogen) atoms. The quantitative estimate of drug-likeness (QED) is 0.179. The zero-order valence-corrected chi connectivity index (χ0v) is 28.2. The maximum Gasteiger partial charge on any atom is 0.0547 e. The molecule has 0 aliphatic heterocycles. The topological polar surface area (TPSA) is 9.86 Å². The minimum Gasteiger partial charge on any atom is -0.309 e. The van der Waals surface area contributed by atoms with Gasteiger partial charge in [0.15, 0.2) is 0 Å². The van der Waals surface area contributed by atoms with Crippen LogP contribution in [0.2, 0.25) is 0 Å². The number of para-hydroxylation sites is 2. The Kier molecular flexibility index (Phi) is 5.53. The second-order valence-corrected chi connectivity index (χ2v) is 14.1. The molecule has 0 saturated heterocycles. The average Bonchev–Trinajstić information content (AvgIpc) is 3.84. The second kappa shape index (κ2) is 10.3. The average molecular weight is 659 g/mol. The van der Waals surface area contributed by atoms with Crippen molar-refractivity contribution in [3.63, 3.8) is 0 Å². The first kappa shape index (κ1) is 27.9. The van der Waals surface area contributed by atoms with Crippen LogP contribution < -0.4 is 0 Å². The van der Waals surface area contributed by atoms with Crippen molar-refractivity contribution < 1.29 is 0 Å². The molecule has 0 radical (unpaired) electrons. The molecule has 240 valence electrons. The molecule has 0 fully saturated rings. The second-order valence-electron chi connectivity index (χ2n) is 14.1. The molecule has 9 aromatic carbocycles. The molecule has 0 saturated carbocycles. The summed E-state index contributed by atoms with van der Waals surface area (Å²) in [5.74, 6) is 0. The number of rotatable bonds is 3. The summed E-state index contributed by atoms with van der Waals surface area (Å²) in [5.41, 5.74) is 15.0. The van der Waals surface area contributed by atoms with E-state index in [-0.39, 0.29) is 0 Å². The lowest BCUT2D eigenvalue weighted by molar-refractivity contribution is 1.18. The van der Waals surface area contributed by atoms with Crippen LogP contribution in [0.1, 0.15) is 0 Å². The molecule has 1 aliphatic rings. The summed E-state index contributed by atoms with van der Waals surface area (Å²) in [7, 11) is 0. The highest BCUT2D eigenvalue weighted by Gasteiger charge is 2.23. The molecule has 0 N–H and O–H groups in total. The summed E-state index contributed by atoms with van der Waals surface area (Å²) in [4.78, 5) is 0. The fourth-order valence-corrected chi connectivity index (χ4v) is 9.19. The van der Waals surface area contributed by atoms with Crippen molar-refractivity contribution in [3.05, 3.63) is 182 Å². The fraction of sp³-hybridized carbons (Fsp3) is 0. The van der Waals surface area contributed by atoms with E-state index in [2.05, 4.69) is 191 Å². The van der Waals surface area contributed by atoms with Gasteiger partial charge in [-0.05, 0) is 116 Å². The number of fused-ring (bicyclic) bond motifs is 11. The first-order chi connectivity index (χ1) is 25.8. The summed E-state index contributed by atoms with van der Waals surface area (Å²) < 4.78 is 4.87. The molecule has 0 atom stereocenters. The number of benzene rings is 9. The third-order valence-corrected chi connectivity index (χ3v) is 11.4. The first-order valence-corrected chi connectivity index (χ1v) is 18.0. The van der Waals surface area contributed by atoms with Crippen molar-refractivity contribution in [3.8, 4) is 44.8 Å². The van der Waals surface area contributed by atoms with E-state index in [0.29, 0.717) is 0 Å². The largest absolute Gasteiger partial charge is 0.309 e. The van der Waals surface area contributed by atoms with E-state index in [1.807, 2.05) is 0 Å². The molecular weight excluding hydrogens is 629 g/mol. The van der Waals surface area contributed by atoms with Crippen LogP contribution in [0.5, 0.6) is 0 Å². The molecular formula is C50H30N2. The van der Waals surface area contributed by atoms with Gasteiger partial charge in [-0.25, -0.2) is 0 Å². The van der Waals surface area contributed by atoms with Gasteiger partial charge in [-0.3, -0.25) is 0 Å². The van der Waals surface area contributed by atoms with Gasteiger partial charge in [0.05, 0.1) is 22.1 Å². The van der Waals surface area contributed by atoms with Crippen LogP contribution in [-0.4, -0.2) is 9.13 Å². The standard InChI is InChI=1S/C50H30N2/c1-2-13-35(14-3-1)51-47-25-23-33(29-44(47)50-37-15-5-4-11-31(37)21-26-48(50)51)32-22-24-46-42(28-32)40-18-8-9-20-45(40)52(46)36-27-34-12-10-19-41-38-16-6-7-17-39(38)43(30-36)49(34)41/h1-30H. The number of hydrogen-bond acceptors (Lipinski definition) is 0. The van der Waals surface area contributed by atoms with Crippen molar-refractivity contribution in [2.75, 3.05) is 0 Å². The van der Waals surface area contributed by atoms with Crippen LogP contribution >= 0.6 is 0 Å². The third-order valence-electron chi connectivity index (χ3n) is 11.4. The summed E-state index contributed by atoms with van der Waals surface area (Å²) in [5, 5.41) is 10.3. The molecule has 2 nitrogen and oxygen atoms in total. The SMILES string of the molecule is c1ccc(-n2c3ccc(-c4ccc5c(c4)c4ccccc4n5-c4cc5c6c(cccc6c4)-c4ccccc4-5)cc3c3c4ccccc4ccc32)cc1. The minimum atomic E-state index is 1.17. The van der Waals surface area contributed by atoms with Gasteiger partial charge in [0.1, 0.15) is 0 Å².